The number of hydrogen-bond donors (Lipinski definition) is 2. The molecule has 0 radical (unpaired) electrons. The Morgan fingerprint density at radius 3 is 2.56 bits per heavy atom. The van der Waals surface area contributed by atoms with Crippen molar-refractivity contribution in [3.63, 3.8) is 0 Å². The Balaban J connectivity index is 1.91. The van der Waals surface area contributed by atoms with E-state index in [1.807, 2.05) is 11.8 Å². The zero-order valence-electron chi connectivity index (χ0n) is 9.32. The summed E-state index contributed by atoms with van der Waals surface area (Å²) >= 11 is 1.84. The molecule has 0 atom stereocenters. The van der Waals surface area contributed by atoms with Crippen LogP contribution in [-0.2, 0) is 0 Å². The van der Waals surface area contributed by atoms with Gasteiger partial charge in [0.2, 0.25) is 0 Å². The molecular weight excluding hydrogens is 220 g/mol. The van der Waals surface area contributed by atoms with Gasteiger partial charge >= 0.3 is 0 Å². The fourth-order valence-corrected chi connectivity index (χ4v) is 2.30. The van der Waals surface area contributed by atoms with Gasteiger partial charge in [0.25, 0.3) is 5.91 Å². The SMILES string of the molecule is CSC1(CNC(=O)c2ccc(N)cc2)CC1. The fraction of sp³-hybridized carbons (Fsp3) is 0.417. The number of carbonyl (C=O) groups excluding carboxylic acids is 1. The van der Waals surface area contributed by atoms with Crippen LogP contribution in [0.1, 0.15) is 23.2 Å². The molecule has 1 aliphatic rings. The molecule has 1 fully saturated rings. The molecule has 0 saturated heterocycles. The van der Waals surface area contributed by atoms with Crippen molar-refractivity contribution in [1.82, 2.24) is 5.32 Å². The van der Waals surface area contributed by atoms with E-state index in [0.29, 0.717) is 16.0 Å². The summed E-state index contributed by atoms with van der Waals surface area (Å²) in [5.41, 5.74) is 6.92. The molecule has 16 heavy (non-hydrogen) atoms. The number of nitrogen functional groups attached to an aromatic ring is 1. The highest BCUT2D eigenvalue weighted by atomic mass is 32.2. The summed E-state index contributed by atoms with van der Waals surface area (Å²) in [4.78, 5) is 11.8. The summed E-state index contributed by atoms with van der Waals surface area (Å²) in [6.07, 6.45) is 4.51. The van der Waals surface area contributed by atoms with Crippen molar-refractivity contribution in [2.75, 3.05) is 18.5 Å². The van der Waals surface area contributed by atoms with Crippen LogP contribution < -0.4 is 11.1 Å². The molecule has 0 aromatic heterocycles. The van der Waals surface area contributed by atoms with Gasteiger partial charge in [-0.3, -0.25) is 4.79 Å². The molecule has 1 saturated carbocycles. The molecule has 1 aliphatic carbocycles. The molecule has 2 rings (SSSR count). The number of hydrogen-bond acceptors (Lipinski definition) is 3. The van der Waals surface area contributed by atoms with E-state index in [4.69, 9.17) is 5.73 Å². The zero-order chi connectivity index (χ0) is 11.6. The number of nitrogens with two attached hydrogens (primary N) is 1. The van der Waals surface area contributed by atoms with Crippen LogP contribution in [0.2, 0.25) is 0 Å². The average molecular weight is 236 g/mol. The van der Waals surface area contributed by atoms with E-state index in [-0.39, 0.29) is 5.91 Å². The summed E-state index contributed by atoms with van der Waals surface area (Å²) in [7, 11) is 0. The summed E-state index contributed by atoms with van der Waals surface area (Å²) in [5, 5.41) is 2.97. The molecule has 0 unspecified atom stereocenters. The Morgan fingerprint density at radius 1 is 1.44 bits per heavy atom. The molecule has 0 heterocycles. The van der Waals surface area contributed by atoms with E-state index in [1.54, 1.807) is 24.3 Å². The van der Waals surface area contributed by atoms with Crippen molar-refractivity contribution in [3.05, 3.63) is 29.8 Å². The van der Waals surface area contributed by atoms with E-state index in [1.165, 1.54) is 12.8 Å². The van der Waals surface area contributed by atoms with Gasteiger partial charge in [0, 0.05) is 22.5 Å². The second-order valence-corrected chi connectivity index (χ2v) is 5.47. The second kappa shape index (κ2) is 4.37. The highest BCUT2D eigenvalue weighted by Crippen LogP contribution is 2.46. The highest BCUT2D eigenvalue weighted by Gasteiger charge is 2.41. The number of rotatable bonds is 4. The smallest absolute Gasteiger partial charge is 0.251 e. The van der Waals surface area contributed by atoms with Gasteiger partial charge < -0.3 is 11.1 Å². The lowest BCUT2D eigenvalue weighted by Crippen LogP contribution is -2.31. The quantitative estimate of drug-likeness (QED) is 0.785. The number of benzene rings is 1. The van der Waals surface area contributed by atoms with Crippen molar-refractivity contribution in [2.45, 2.75) is 17.6 Å². The van der Waals surface area contributed by atoms with E-state index in [2.05, 4.69) is 11.6 Å². The van der Waals surface area contributed by atoms with Crippen LogP contribution in [0.5, 0.6) is 0 Å². The predicted octanol–water partition coefficient (Wildman–Crippen LogP) is 1.89. The molecule has 1 aromatic rings. The first-order chi connectivity index (χ1) is 7.65. The van der Waals surface area contributed by atoms with Crippen molar-refractivity contribution in [3.8, 4) is 0 Å². The minimum Gasteiger partial charge on any atom is -0.399 e. The monoisotopic (exact) mass is 236 g/mol. The molecule has 3 N–H and O–H groups in total. The zero-order valence-corrected chi connectivity index (χ0v) is 10.1. The van der Waals surface area contributed by atoms with Crippen molar-refractivity contribution >= 4 is 23.4 Å². The van der Waals surface area contributed by atoms with E-state index in [9.17, 15) is 4.79 Å². The Morgan fingerprint density at radius 2 is 2.06 bits per heavy atom. The first kappa shape index (κ1) is 11.3. The third-order valence-corrected chi connectivity index (χ3v) is 4.40. The largest absolute Gasteiger partial charge is 0.399 e. The van der Waals surface area contributed by atoms with Gasteiger partial charge in [-0.1, -0.05) is 0 Å². The molecule has 1 aromatic carbocycles. The summed E-state index contributed by atoms with van der Waals surface area (Å²) in [6.45, 7) is 0.761. The number of carbonyl (C=O) groups is 1. The van der Waals surface area contributed by atoms with Gasteiger partial charge in [0.05, 0.1) is 0 Å². The van der Waals surface area contributed by atoms with Crippen molar-refractivity contribution < 1.29 is 4.79 Å². The minimum atomic E-state index is -0.0136. The first-order valence-electron chi connectivity index (χ1n) is 5.34. The van der Waals surface area contributed by atoms with Crippen LogP contribution in [0.15, 0.2) is 24.3 Å². The molecule has 0 bridgehead atoms. The molecule has 0 aliphatic heterocycles. The standard InChI is InChI=1S/C12H16N2OS/c1-16-12(6-7-12)8-14-11(15)9-2-4-10(13)5-3-9/h2-5H,6-8,13H2,1H3,(H,14,15). The Labute approximate surface area is 99.8 Å². The highest BCUT2D eigenvalue weighted by molar-refractivity contribution is 8.00. The van der Waals surface area contributed by atoms with Crippen LogP contribution >= 0.6 is 11.8 Å². The first-order valence-corrected chi connectivity index (χ1v) is 6.57. The van der Waals surface area contributed by atoms with Crippen LogP contribution in [0.25, 0.3) is 0 Å². The van der Waals surface area contributed by atoms with Crippen molar-refractivity contribution in [2.24, 2.45) is 0 Å². The third kappa shape index (κ3) is 2.50. The third-order valence-electron chi connectivity index (χ3n) is 2.98. The van der Waals surface area contributed by atoms with E-state index in [0.717, 1.165) is 6.54 Å². The summed E-state index contributed by atoms with van der Waals surface area (Å²) < 4.78 is 0.309. The maximum Gasteiger partial charge on any atom is 0.251 e. The van der Waals surface area contributed by atoms with Crippen LogP contribution in [0.4, 0.5) is 5.69 Å². The number of amides is 1. The number of nitrogens with one attached hydrogen (secondary N) is 1. The summed E-state index contributed by atoms with van der Waals surface area (Å²) in [6, 6.07) is 7.00. The van der Waals surface area contributed by atoms with E-state index >= 15 is 0 Å². The maximum atomic E-state index is 11.8. The number of anilines is 1. The molecule has 86 valence electrons. The number of thioether (sulfide) groups is 1. The lowest BCUT2D eigenvalue weighted by Gasteiger charge is -2.12. The Hall–Kier alpha value is -1.16. The lowest BCUT2D eigenvalue weighted by molar-refractivity contribution is 0.0953. The Kier molecular flexibility index (Phi) is 3.10. The average Bonchev–Trinajstić information content (AvgIpc) is 3.08. The minimum absolute atomic E-state index is 0.0136. The van der Waals surface area contributed by atoms with Gasteiger partial charge in [-0.2, -0.15) is 11.8 Å². The van der Waals surface area contributed by atoms with Gasteiger partial charge in [-0.15, -0.1) is 0 Å². The van der Waals surface area contributed by atoms with Crippen LogP contribution in [0, 0.1) is 0 Å². The predicted molar refractivity (Wildman–Crippen MR) is 68.7 cm³/mol. The second-order valence-electron chi connectivity index (χ2n) is 4.19. The van der Waals surface area contributed by atoms with Gasteiger partial charge in [0.15, 0.2) is 0 Å². The van der Waals surface area contributed by atoms with Crippen molar-refractivity contribution in [1.29, 1.82) is 0 Å². The van der Waals surface area contributed by atoms with E-state index < -0.39 is 0 Å². The van der Waals surface area contributed by atoms with Crippen LogP contribution in [-0.4, -0.2) is 23.5 Å². The molecule has 3 nitrogen and oxygen atoms in total. The topological polar surface area (TPSA) is 55.1 Å². The van der Waals surface area contributed by atoms with Gasteiger partial charge in [-0.05, 0) is 43.4 Å². The maximum absolute atomic E-state index is 11.8. The molecule has 0 spiro atoms. The normalized spacial score (nSPS) is 16.8. The fourth-order valence-electron chi connectivity index (χ4n) is 1.57. The molecular formula is C12H16N2OS. The Bertz CT molecular complexity index is 385. The summed E-state index contributed by atoms with van der Waals surface area (Å²) in [5.74, 6) is -0.0136. The molecule has 1 amide bonds. The molecule has 4 heteroatoms. The van der Waals surface area contributed by atoms with Gasteiger partial charge in [0.1, 0.15) is 0 Å². The van der Waals surface area contributed by atoms with Gasteiger partial charge in [-0.25, -0.2) is 0 Å². The van der Waals surface area contributed by atoms with Crippen LogP contribution in [0.3, 0.4) is 0 Å². The lowest BCUT2D eigenvalue weighted by atomic mass is 10.2.